The van der Waals surface area contributed by atoms with E-state index in [1.807, 2.05) is 0 Å². The van der Waals surface area contributed by atoms with E-state index in [2.05, 4.69) is 6.92 Å². The minimum absolute atomic E-state index is 0.0694. The van der Waals surface area contributed by atoms with Gasteiger partial charge in [0, 0.05) is 35.0 Å². The molecule has 0 bridgehead atoms. The number of ether oxygens (including phenoxy) is 4. The highest BCUT2D eigenvalue weighted by atomic mass is 16.5. The Labute approximate surface area is 107 Å². The van der Waals surface area contributed by atoms with E-state index < -0.39 is 0 Å². The normalized spacial score (nSPS) is 10.2. The van der Waals surface area contributed by atoms with Crippen LogP contribution in [0.1, 0.15) is 32.6 Å². The van der Waals surface area contributed by atoms with Crippen LogP contribution in [0.3, 0.4) is 0 Å². The Balaban J connectivity index is 0. The maximum absolute atomic E-state index is 4.98. The van der Waals surface area contributed by atoms with Crippen LogP contribution >= 0.6 is 0 Å². The molecule has 0 aromatic rings. The molecule has 0 aliphatic carbocycles. The Bertz CT molecular complexity index is 108. The summed E-state index contributed by atoms with van der Waals surface area (Å²) in [6, 6.07) is 0. The molecule has 4 heteroatoms. The largest absolute Gasteiger partial charge is 0.385 e. The average Bonchev–Trinajstić information content (AvgIpc) is 2.35. The lowest BCUT2D eigenvalue weighted by molar-refractivity contribution is -0.0178. The third-order valence-corrected chi connectivity index (χ3v) is 2.24. The third kappa shape index (κ3) is 18.4. The van der Waals surface area contributed by atoms with Crippen LogP contribution in [0.5, 0.6) is 0 Å². The summed E-state index contributed by atoms with van der Waals surface area (Å²) in [6.45, 7) is 4.32. The molecule has 0 spiro atoms. The second-order valence-electron chi connectivity index (χ2n) is 3.82. The number of methoxy groups -OCH3 is 4. The molecule has 0 unspecified atom stereocenters. The van der Waals surface area contributed by atoms with E-state index in [9.17, 15) is 0 Å². The SMILES string of the molecule is CCCCCCOC.COCC(COC)OC. The summed E-state index contributed by atoms with van der Waals surface area (Å²) in [6.07, 6.45) is 5.28. The summed E-state index contributed by atoms with van der Waals surface area (Å²) in [5.41, 5.74) is 0. The van der Waals surface area contributed by atoms with Crippen molar-refractivity contribution in [3.8, 4) is 0 Å². The van der Waals surface area contributed by atoms with E-state index in [0.717, 1.165) is 6.61 Å². The fourth-order valence-corrected chi connectivity index (χ4v) is 1.23. The Hall–Kier alpha value is -0.160. The average molecular weight is 250 g/mol. The molecule has 0 rings (SSSR count). The molecule has 0 heterocycles. The molecule has 0 aliphatic heterocycles. The van der Waals surface area contributed by atoms with Gasteiger partial charge in [-0.1, -0.05) is 26.2 Å². The topological polar surface area (TPSA) is 36.9 Å². The molecule has 0 amide bonds. The zero-order valence-electron chi connectivity index (χ0n) is 12.2. The Morgan fingerprint density at radius 1 is 0.765 bits per heavy atom. The molecule has 0 fully saturated rings. The van der Waals surface area contributed by atoms with Gasteiger partial charge in [0.25, 0.3) is 0 Å². The van der Waals surface area contributed by atoms with Crippen molar-refractivity contribution in [2.75, 3.05) is 48.3 Å². The van der Waals surface area contributed by atoms with E-state index in [1.165, 1.54) is 25.7 Å². The van der Waals surface area contributed by atoms with Gasteiger partial charge in [0.2, 0.25) is 0 Å². The monoisotopic (exact) mass is 250 g/mol. The van der Waals surface area contributed by atoms with Crippen LogP contribution in [0.2, 0.25) is 0 Å². The van der Waals surface area contributed by atoms with Gasteiger partial charge in [0.15, 0.2) is 0 Å². The minimum atomic E-state index is 0.0694. The Morgan fingerprint density at radius 3 is 1.71 bits per heavy atom. The summed E-state index contributed by atoms with van der Waals surface area (Å²) in [4.78, 5) is 0. The predicted octanol–water partition coefficient (Wildman–Crippen LogP) is 2.51. The highest BCUT2D eigenvalue weighted by molar-refractivity contribution is 4.51. The van der Waals surface area contributed by atoms with Crippen LogP contribution in [0.25, 0.3) is 0 Å². The van der Waals surface area contributed by atoms with Crippen molar-refractivity contribution in [1.29, 1.82) is 0 Å². The van der Waals surface area contributed by atoms with Gasteiger partial charge in [-0.05, 0) is 6.42 Å². The summed E-state index contributed by atoms with van der Waals surface area (Å²) in [7, 11) is 6.68. The lowest BCUT2D eigenvalue weighted by atomic mass is 10.2. The van der Waals surface area contributed by atoms with Gasteiger partial charge >= 0.3 is 0 Å². The van der Waals surface area contributed by atoms with Crippen molar-refractivity contribution in [1.82, 2.24) is 0 Å². The van der Waals surface area contributed by atoms with Crippen molar-refractivity contribution in [2.24, 2.45) is 0 Å². The van der Waals surface area contributed by atoms with Gasteiger partial charge in [-0.2, -0.15) is 0 Å². The first-order valence-electron chi connectivity index (χ1n) is 6.26. The zero-order valence-corrected chi connectivity index (χ0v) is 12.2. The fraction of sp³-hybridized carbons (Fsp3) is 1.00. The molecule has 106 valence electrons. The molecular formula is C13H30O4. The minimum Gasteiger partial charge on any atom is -0.385 e. The van der Waals surface area contributed by atoms with Crippen molar-refractivity contribution >= 4 is 0 Å². The maximum Gasteiger partial charge on any atom is 0.104 e. The van der Waals surface area contributed by atoms with Crippen molar-refractivity contribution in [2.45, 2.75) is 38.7 Å². The van der Waals surface area contributed by atoms with Crippen LogP contribution in [0.4, 0.5) is 0 Å². The van der Waals surface area contributed by atoms with Crippen molar-refractivity contribution in [3.05, 3.63) is 0 Å². The van der Waals surface area contributed by atoms with Crippen LogP contribution in [-0.4, -0.2) is 54.4 Å². The van der Waals surface area contributed by atoms with Gasteiger partial charge in [-0.25, -0.2) is 0 Å². The van der Waals surface area contributed by atoms with Gasteiger partial charge in [-0.15, -0.1) is 0 Å². The quantitative estimate of drug-likeness (QED) is 0.558. The van der Waals surface area contributed by atoms with E-state index in [0.29, 0.717) is 13.2 Å². The molecule has 0 aromatic carbocycles. The molecular weight excluding hydrogens is 220 g/mol. The molecule has 4 nitrogen and oxygen atoms in total. The lowest BCUT2D eigenvalue weighted by Crippen LogP contribution is -2.22. The van der Waals surface area contributed by atoms with Gasteiger partial charge in [-0.3, -0.25) is 0 Å². The van der Waals surface area contributed by atoms with Crippen molar-refractivity contribution in [3.63, 3.8) is 0 Å². The summed E-state index contributed by atoms with van der Waals surface area (Å²) < 4.78 is 19.6. The van der Waals surface area contributed by atoms with Crippen LogP contribution in [-0.2, 0) is 18.9 Å². The number of hydrogen-bond donors (Lipinski definition) is 0. The second-order valence-corrected chi connectivity index (χ2v) is 3.82. The molecule has 0 aromatic heterocycles. The molecule has 0 saturated carbocycles. The standard InChI is InChI=1S/C7H16O.C6H14O3/c1-3-4-5-6-7-8-2;1-7-4-6(9-3)5-8-2/h3-7H2,1-2H3;6H,4-5H2,1-3H3. The smallest absolute Gasteiger partial charge is 0.104 e. The number of hydrogen-bond acceptors (Lipinski definition) is 4. The lowest BCUT2D eigenvalue weighted by Gasteiger charge is -2.11. The Morgan fingerprint density at radius 2 is 1.35 bits per heavy atom. The summed E-state index contributed by atoms with van der Waals surface area (Å²) >= 11 is 0. The van der Waals surface area contributed by atoms with E-state index >= 15 is 0 Å². The van der Waals surface area contributed by atoms with E-state index in [1.54, 1.807) is 28.4 Å². The fourth-order valence-electron chi connectivity index (χ4n) is 1.23. The first-order valence-corrected chi connectivity index (χ1v) is 6.26. The summed E-state index contributed by atoms with van der Waals surface area (Å²) in [5.74, 6) is 0. The van der Waals surface area contributed by atoms with Gasteiger partial charge in [0.1, 0.15) is 6.10 Å². The van der Waals surface area contributed by atoms with Crippen LogP contribution in [0.15, 0.2) is 0 Å². The molecule has 17 heavy (non-hydrogen) atoms. The van der Waals surface area contributed by atoms with Crippen LogP contribution < -0.4 is 0 Å². The Kier molecular flexibility index (Phi) is 20.6. The van der Waals surface area contributed by atoms with E-state index in [-0.39, 0.29) is 6.10 Å². The van der Waals surface area contributed by atoms with Crippen molar-refractivity contribution < 1.29 is 18.9 Å². The molecule has 0 N–H and O–H groups in total. The van der Waals surface area contributed by atoms with Gasteiger partial charge < -0.3 is 18.9 Å². The molecule has 0 atom stereocenters. The van der Waals surface area contributed by atoms with Crippen LogP contribution in [0, 0.1) is 0 Å². The first kappa shape index (κ1) is 19.2. The van der Waals surface area contributed by atoms with E-state index in [4.69, 9.17) is 18.9 Å². The first-order chi connectivity index (χ1) is 8.26. The number of rotatable bonds is 10. The third-order valence-electron chi connectivity index (χ3n) is 2.24. The molecule has 0 aliphatic rings. The predicted molar refractivity (Wildman–Crippen MR) is 70.6 cm³/mol. The zero-order chi connectivity index (χ0) is 13.4. The van der Waals surface area contributed by atoms with Gasteiger partial charge in [0.05, 0.1) is 13.2 Å². The highest BCUT2D eigenvalue weighted by Crippen LogP contribution is 1.97. The molecule has 0 saturated heterocycles. The maximum atomic E-state index is 4.98. The highest BCUT2D eigenvalue weighted by Gasteiger charge is 2.03. The summed E-state index contributed by atoms with van der Waals surface area (Å²) in [5, 5.41) is 0. The number of unbranched alkanes of at least 4 members (excludes halogenated alkanes) is 3. The second kappa shape index (κ2) is 18.2. The molecule has 0 radical (unpaired) electrons.